The van der Waals surface area contributed by atoms with Gasteiger partial charge in [-0.05, 0) is 30.4 Å². The molecule has 1 aromatic carbocycles. The molecule has 0 spiro atoms. The Hall–Kier alpha value is -1.18. The smallest absolute Gasteiger partial charge is 0.142 e. The zero-order valence-electron chi connectivity index (χ0n) is 9.55. The summed E-state index contributed by atoms with van der Waals surface area (Å²) in [4.78, 5) is 0. The molecule has 82 valence electrons. The van der Waals surface area contributed by atoms with Crippen LogP contribution in [-0.4, -0.2) is 13.2 Å². The fraction of sp³-hybridized carbons (Fsp3) is 0.538. The molecular weight excluding hydrogens is 186 g/mol. The number of hydrogen-bond donors (Lipinski definition) is 1. The number of benzene rings is 1. The lowest BCUT2D eigenvalue weighted by Gasteiger charge is -2.25. The highest BCUT2D eigenvalue weighted by molar-refractivity contribution is 5.63. The van der Waals surface area contributed by atoms with Crippen molar-refractivity contribution in [3.8, 4) is 5.75 Å². The van der Waals surface area contributed by atoms with E-state index < -0.39 is 0 Å². The van der Waals surface area contributed by atoms with Crippen LogP contribution in [0.25, 0.3) is 0 Å². The minimum Gasteiger partial charge on any atom is -0.491 e. The maximum Gasteiger partial charge on any atom is 0.142 e. The second kappa shape index (κ2) is 4.56. The number of nitrogens with one attached hydrogen (secondary N) is 1. The number of rotatable bonds is 3. The highest BCUT2D eigenvalue weighted by Crippen LogP contribution is 2.33. The zero-order chi connectivity index (χ0) is 10.7. The van der Waals surface area contributed by atoms with Gasteiger partial charge in [0.1, 0.15) is 5.75 Å². The maximum atomic E-state index is 5.73. The first-order valence-corrected chi connectivity index (χ1v) is 5.79. The molecule has 1 N–H and O–H groups in total. The lowest BCUT2D eigenvalue weighted by atomic mass is 9.95. The molecule has 1 heterocycles. The SMILES string of the molecule is CCCOc1cccc2c1NCC(C)C2. The molecule has 0 saturated heterocycles. The van der Waals surface area contributed by atoms with Gasteiger partial charge >= 0.3 is 0 Å². The first kappa shape index (κ1) is 10.3. The predicted molar refractivity (Wildman–Crippen MR) is 63.6 cm³/mol. The van der Waals surface area contributed by atoms with E-state index in [1.807, 2.05) is 0 Å². The van der Waals surface area contributed by atoms with Crippen molar-refractivity contribution in [3.05, 3.63) is 23.8 Å². The third-order valence-electron chi connectivity index (χ3n) is 2.77. The molecule has 0 aliphatic carbocycles. The van der Waals surface area contributed by atoms with Crippen molar-refractivity contribution in [3.63, 3.8) is 0 Å². The van der Waals surface area contributed by atoms with Gasteiger partial charge in [0.2, 0.25) is 0 Å². The molecule has 2 rings (SSSR count). The summed E-state index contributed by atoms with van der Waals surface area (Å²) >= 11 is 0. The topological polar surface area (TPSA) is 21.3 Å². The van der Waals surface area contributed by atoms with Gasteiger partial charge in [-0.2, -0.15) is 0 Å². The van der Waals surface area contributed by atoms with Gasteiger partial charge in [0.15, 0.2) is 0 Å². The normalized spacial score (nSPS) is 19.2. The Morgan fingerprint density at radius 1 is 1.47 bits per heavy atom. The summed E-state index contributed by atoms with van der Waals surface area (Å²) in [5, 5.41) is 3.46. The maximum absolute atomic E-state index is 5.73. The van der Waals surface area contributed by atoms with Crippen LogP contribution >= 0.6 is 0 Å². The Balaban J connectivity index is 2.21. The summed E-state index contributed by atoms with van der Waals surface area (Å²) < 4.78 is 5.73. The van der Waals surface area contributed by atoms with Crippen molar-refractivity contribution in [2.45, 2.75) is 26.7 Å². The molecule has 1 unspecified atom stereocenters. The summed E-state index contributed by atoms with van der Waals surface area (Å²) in [6, 6.07) is 6.33. The van der Waals surface area contributed by atoms with Crippen LogP contribution in [0.5, 0.6) is 5.75 Å². The first-order valence-electron chi connectivity index (χ1n) is 5.79. The monoisotopic (exact) mass is 205 g/mol. The molecule has 15 heavy (non-hydrogen) atoms. The van der Waals surface area contributed by atoms with Crippen LogP contribution < -0.4 is 10.1 Å². The quantitative estimate of drug-likeness (QED) is 0.818. The Bertz CT molecular complexity index is 335. The molecule has 2 nitrogen and oxygen atoms in total. The summed E-state index contributed by atoms with van der Waals surface area (Å²) in [6.45, 7) is 6.26. The van der Waals surface area contributed by atoms with E-state index in [0.29, 0.717) is 0 Å². The van der Waals surface area contributed by atoms with Crippen molar-refractivity contribution in [2.24, 2.45) is 5.92 Å². The van der Waals surface area contributed by atoms with Gasteiger partial charge in [0.25, 0.3) is 0 Å². The minimum absolute atomic E-state index is 0.721. The zero-order valence-corrected chi connectivity index (χ0v) is 9.55. The molecule has 0 amide bonds. The fourth-order valence-corrected chi connectivity index (χ4v) is 2.00. The van der Waals surface area contributed by atoms with E-state index in [0.717, 1.165) is 37.7 Å². The van der Waals surface area contributed by atoms with Crippen LogP contribution in [-0.2, 0) is 6.42 Å². The Morgan fingerprint density at radius 3 is 3.13 bits per heavy atom. The van der Waals surface area contributed by atoms with Crippen LogP contribution in [0.2, 0.25) is 0 Å². The van der Waals surface area contributed by atoms with Crippen LogP contribution in [0.3, 0.4) is 0 Å². The van der Waals surface area contributed by atoms with Crippen molar-refractivity contribution < 1.29 is 4.74 Å². The van der Waals surface area contributed by atoms with E-state index in [-0.39, 0.29) is 0 Å². The summed E-state index contributed by atoms with van der Waals surface area (Å²) in [5.41, 5.74) is 2.60. The number of fused-ring (bicyclic) bond motifs is 1. The van der Waals surface area contributed by atoms with Gasteiger partial charge in [-0.1, -0.05) is 26.0 Å². The standard InChI is InChI=1S/C13H19NO/c1-3-7-15-12-6-4-5-11-8-10(2)9-14-13(11)12/h4-6,10,14H,3,7-9H2,1-2H3. The molecular formula is C13H19NO. The first-order chi connectivity index (χ1) is 7.31. The molecule has 0 saturated carbocycles. The summed E-state index contributed by atoms with van der Waals surface area (Å²) in [6.07, 6.45) is 2.21. The number of para-hydroxylation sites is 1. The third kappa shape index (κ3) is 2.25. The van der Waals surface area contributed by atoms with Crippen molar-refractivity contribution in [1.82, 2.24) is 0 Å². The Morgan fingerprint density at radius 2 is 2.33 bits per heavy atom. The Labute approximate surface area is 91.6 Å². The lowest BCUT2D eigenvalue weighted by Crippen LogP contribution is -2.21. The number of ether oxygens (including phenoxy) is 1. The molecule has 1 atom stereocenters. The Kier molecular flexibility index (Phi) is 3.14. The van der Waals surface area contributed by atoms with E-state index in [1.54, 1.807) is 0 Å². The highest BCUT2D eigenvalue weighted by atomic mass is 16.5. The van der Waals surface area contributed by atoms with E-state index in [9.17, 15) is 0 Å². The predicted octanol–water partition coefficient (Wildman–Crippen LogP) is 3.08. The van der Waals surface area contributed by atoms with E-state index >= 15 is 0 Å². The van der Waals surface area contributed by atoms with Crippen molar-refractivity contribution >= 4 is 5.69 Å². The summed E-state index contributed by atoms with van der Waals surface area (Å²) in [7, 11) is 0. The highest BCUT2D eigenvalue weighted by Gasteiger charge is 2.17. The van der Waals surface area contributed by atoms with Crippen LogP contribution in [0.15, 0.2) is 18.2 Å². The van der Waals surface area contributed by atoms with Gasteiger partial charge in [0, 0.05) is 6.54 Å². The van der Waals surface area contributed by atoms with E-state index in [2.05, 4.69) is 37.4 Å². The molecule has 0 fully saturated rings. The van der Waals surface area contributed by atoms with Crippen LogP contribution in [0, 0.1) is 5.92 Å². The van der Waals surface area contributed by atoms with Gasteiger partial charge in [-0.25, -0.2) is 0 Å². The van der Waals surface area contributed by atoms with Crippen molar-refractivity contribution in [1.29, 1.82) is 0 Å². The number of hydrogen-bond acceptors (Lipinski definition) is 2. The number of anilines is 1. The minimum atomic E-state index is 0.721. The molecule has 0 radical (unpaired) electrons. The average molecular weight is 205 g/mol. The molecule has 1 aromatic rings. The molecule has 0 bridgehead atoms. The van der Waals surface area contributed by atoms with E-state index in [4.69, 9.17) is 4.74 Å². The van der Waals surface area contributed by atoms with Gasteiger partial charge in [-0.15, -0.1) is 0 Å². The second-order valence-corrected chi connectivity index (χ2v) is 4.33. The third-order valence-corrected chi connectivity index (χ3v) is 2.77. The largest absolute Gasteiger partial charge is 0.491 e. The lowest BCUT2D eigenvalue weighted by molar-refractivity contribution is 0.318. The van der Waals surface area contributed by atoms with Gasteiger partial charge in [0.05, 0.1) is 12.3 Å². The molecule has 2 heteroatoms. The van der Waals surface area contributed by atoms with E-state index in [1.165, 1.54) is 11.3 Å². The molecule has 1 aliphatic rings. The van der Waals surface area contributed by atoms with Crippen LogP contribution in [0.4, 0.5) is 5.69 Å². The molecule has 1 aliphatic heterocycles. The molecule has 0 aromatic heterocycles. The van der Waals surface area contributed by atoms with Gasteiger partial charge in [-0.3, -0.25) is 0 Å². The van der Waals surface area contributed by atoms with Crippen LogP contribution in [0.1, 0.15) is 25.8 Å². The fourth-order valence-electron chi connectivity index (χ4n) is 2.00. The second-order valence-electron chi connectivity index (χ2n) is 4.33. The average Bonchev–Trinajstić information content (AvgIpc) is 2.25. The summed E-state index contributed by atoms with van der Waals surface area (Å²) in [5.74, 6) is 1.74. The van der Waals surface area contributed by atoms with Crippen molar-refractivity contribution in [2.75, 3.05) is 18.5 Å². The van der Waals surface area contributed by atoms with Gasteiger partial charge < -0.3 is 10.1 Å².